The molecule has 1 amide bonds. The summed E-state index contributed by atoms with van der Waals surface area (Å²) in [6.07, 6.45) is 3.30. The lowest BCUT2D eigenvalue weighted by Gasteiger charge is -2.41. The summed E-state index contributed by atoms with van der Waals surface area (Å²) >= 11 is 0. The molecule has 0 radical (unpaired) electrons. The molecule has 0 aromatic rings. The van der Waals surface area contributed by atoms with Crippen LogP contribution in [0.4, 0.5) is 0 Å². The zero-order chi connectivity index (χ0) is 14.0. The first-order valence-electron chi connectivity index (χ1n) is 7.79. The van der Waals surface area contributed by atoms with E-state index in [9.17, 15) is 4.79 Å². The lowest BCUT2D eigenvalue weighted by Crippen LogP contribution is -2.55. The number of amides is 1. The third-order valence-corrected chi connectivity index (χ3v) is 4.97. The molecule has 0 aromatic carbocycles. The van der Waals surface area contributed by atoms with Gasteiger partial charge in [0.25, 0.3) is 0 Å². The molecule has 4 nitrogen and oxygen atoms in total. The number of rotatable bonds is 2. The van der Waals surface area contributed by atoms with Crippen molar-refractivity contribution >= 4 is 5.91 Å². The van der Waals surface area contributed by atoms with Crippen LogP contribution in [0, 0.1) is 11.8 Å². The van der Waals surface area contributed by atoms with Crippen molar-refractivity contribution in [1.82, 2.24) is 9.80 Å². The van der Waals surface area contributed by atoms with Crippen LogP contribution in [0.3, 0.4) is 0 Å². The minimum Gasteiger partial charge on any atom is -0.340 e. The van der Waals surface area contributed by atoms with Crippen molar-refractivity contribution in [2.24, 2.45) is 17.6 Å². The van der Waals surface area contributed by atoms with E-state index in [0.717, 1.165) is 39.0 Å². The second-order valence-corrected chi connectivity index (χ2v) is 6.55. The summed E-state index contributed by atoms with van der Waals surface area (Å²) in [6, 6.07) is 0.638. The lowest BCUT2D eigenvalue weighted by molar-refractivity contribution is -0.139. The smallest absolute Gasteiger partial charge is 0.227 e. The minimum atomic E-state index is 0.0596. The maximum atomic E-state index is 12.6. The van der Waals surface area contributed by atoms with Crippen LogP contribution < -0.4 is 5.73 Å². The molecule has 0 aromatic heterocycles. The van der Waals surface area contributed by atoms with Gasteiger partial charge in [-0.05, 0) is 32.6 Å². The van der Waals surface area contributed by atoms with Gasteiger partial charge in [0.05, 0.1) is 5.92 Å². The Morgan fingerprint density at radius 3 is 2.37 bits per heavy atom. The summed E-state index contributed by atoms with van der Waals surface area (Å²) in [5.41, 5.74) is 6.25. The van der Waals surface area contributed by atoms with Crippen LogP contribution in [0.1, 0.15) is 40.0 Å². The molecule has 1 saturated carbocycles. The largest absolute Gasteiger partial charge is 0.340 e. The van der Waals surface area contributed by atoms with E-state index in [0.29, 0.717) is 17.9 Å². The Kier molecular flexibility index (Phi) is 4.85. The van der Waals surface area contributed by atoms with Gasteiger partial charge in [-0.1, -0.05) is 13.3 Å². The normalized spacial score (nSPS) is 33.7. The fourth-order valence-electron chi connectivity index (χ4n) is 3.42. The maximum Gasteiger partial charge on any atom is 0.227 e. The van der Waals surface area contributed by atoms with E-state index in [-0.39, 0.29) is 12.0 Å². The van der Waals surface area contributed by atoms with Gasteiger partial charge in [-0.2, -0.15) is 0 Å². The monoisotopic (exact) mass is 267 g/mol. The Morgan fingerprint density at radius 1 is 1.16 bits per heavy atom. The van der Waals surface area contributed by atoms with Gasteiger partial charge in [-0.3, -0.25) is 9.69 Å². The van der Waals surface area contributed by atoms with Gasteiger partial charge in [0.1, 0.15) is 0 Å². The van der Waals surface area contributed by atoms with Crippen molar-refractivity contribution < 1.29 is 4.79 Å². The van der Waals surface area contributed by atoms with Crippen LogP contribution in [0.25, 0.3) is 0 Å². The highest BCUT2D eigenvalue weighted by Crippen LogP contribution is 2.29. The van der Waals surface area contributed by atoms with Crippen LogP contribution in [-0.2, 0) is 4.79 Å². The summed E-state index contributed by atoms with van der Waals surface area (Å²) in [5, 5.41) is 0. The first-order valence-corrected chi connectivity index (χ1v) is 7.79. The van der Waals surface area contributed by atoms with Crippen molar-refractivity contribution in [3.63, 3.8) is 0 Å². The molecular formula is C15H29N3O. The van der Waals surface area contributed by atoms with Gasteiger partial charge in [-0.25, -0.2) is 0 Å². The quantitative estimate of drug-likeness (QED) is 0.820. The molecule has 19 heavy (non-hydrogen) atoms. The van der Waals surface area contributed by atoms with Crippen LogP contribution >= 0.6 is 0 Å². The van der Waals surface area contributed by atoms with Crippen molar-refractivity contribution in [3.05, 3.63) is 0 Å². The molecule has 1 aliphatic heterocycles. The summed E-state index contributed by atoms with van der Waals surface area (Å²) < 4.78 is 0. The highest BCUT2D eigenvalue weighted by molar-refractivity contribution is 5.79. The molecule has 2 rings (SSSR count). The van der Waals surface area contributed by atoms with Gasteiger partial charge < -0.3 is 10.6 Å². The van der Waals surface area contributed by atoms with E-state index in [1.54, 1.807) is 0 Å². The predicted molar refractivity (Wildman–Crippen MR) is 77.8 cm³/mol. The third-order valence-electron chi connectivity index (χ3n) is 4.97. The second-order valence-electron chi connectivity index (χ2n) is 6.55. The van der Waals surface area contributed by atoms with E-state index < -0.39 is 0 Å². The molecule has 0 bridgehead atoms. The summed E-state index contributed by atoms with van der Waals surface area (Å²) in [4.78, 5) is 17.1. The van der Waals surface area contributed by atoms with E-state index in [2.05, 4.69) is 25.7 Å². The summed E-state index contributed by atoms with van der Waals surface area (Å²) in [5.74, 6) is 0.858. The molecule has 2 fully saturated rings. The van der Waals surface area contributed by atoms with Crippen LogP contribution in [0.2, 0.25) is 0 Å². The number of hydrogen-bond acceptors (Lipinski definition) is 3. The Hall–Kier alpha value is -0.610. The SMILES string of the molecule is CC1CCCC(C(=O)N2CCN(C(C)C)CC2)C1N. The van der Waals surface area contributed by atoms with Crippen molar-refractivity contribution in [2.75, 3.05) is 26.2 Å². The third kappa shape index (κ3) is 3.29. The molecule has 3 unspecified atom stereocenters. The highest BCUT2D eigenvalue weighted by atomic mass is 16.2. The first kappa shape index (κ1) is 14.8. The minimum absolute atomic E-state index is 0.0596. The van der Waals surface area contributed by atoms with Gasteiger partial charge in [0.2, 0.25) is 5.91 Å². The molecule has 3 atom stereocenters. The Labute approximate surface area is 117 Å². The van der Waals surface area contributed by atoms with Crippen molar-refractivity contribution in [2.45, 2.75) is 52.1 Å². The lowest BCUT2D eigenvalue weighted by atomic mass is 9.77. The highest BCUT2D eigenvalue weighted by Gasteiger charge is 2.36. The molecule has 4 heteroatoms. The van der Waals surface area contributed by atoms with Crippen LogP contribution in [-0.4, -0.2) is 54.0 Å². The van der Waals surface area contributed by atoms with Gasteiger partial charge >= 0.3 is 0 Å². The molecule has 1 saturated heterocycles. The van der Waals surface area contributed by atoms with Crippen LogP contribution in [0.5, 0.6) is 0 Å². The number of nitrogens with two attached hydrogens (primary N) is 1. The molecule has 0 spiro atoms. The topological polar surface area (TPSA) is 49.6 Å². The maximum absolute atomic E-state index is 12.6. The fraction of sp³-hybridized carbons (Fsp3) is 0.933. The standard InChI is InChI=1S/C15H29N3O/c1-11(2)17-7-9-18(10-8-17)15(19)13-6-4-5-12(3)14(13)16/h11-14H,4-10,16H2,1-3H3. The van der Waals surface area contributed by atoms with Gasteiger partial charge in [0.15, 0.2) is 0 Å². The number of nitrogens with zero attached hydrogens (tertiary/aromatic N) is 2. The Bertz CT molecular complexity index is 311. The van der Waals surface area contributed by atoms with E-state index in [4.69, 9.17) is 5.73 Å². The second kappa shape index (κ2) is 6.23. The van der Waals surface area contributed by atoms with Crippen LogP contribution in [0.15, 0.2) is 0 Å². The zero-order valence-corrected chi connectivity index (χ0v) is 12.6. The van der Waals surface area contributed by atoms with E-state index in [1.807, 2.05) is 4.90 Å². The molecule has 2 N–H and O–H groups in total. The Morgan fingerprint density at radius 2 is 1.79 bits per heavy atom. The van der Waals surface area contributed by atoms with Crippen molar-refractivity contribution in [1.29, 1.82) is 0 Å². The molecule has 1 heterocycles. The number of carbonyl (C=O) groups excluding carboxylic acids is 1. The summed E-state index contributed by atoms with van der Waals surface area (Å²) in [6.45, 7) is 10.4. The Balaban J connectivity index is 1.90. The van der Waals surface area contributed by atoms with E-state index >= 15 is 0 Å². The average molecular weight is 267 g/mol. The van der Waals surface area contributed by atoms with Gasteiger partial charge in [-0.15, -0.1) is 0 Å². The number of carbonyl (C=O) groups is 1. The van der Waals surface area contributed by atoms with Gasteiger partial charge in [0, 0.05) is 38.3 Å². The predicted octanol–water partition coefficient (Wildman–Crippen LogP) is 1.30. The molecular weight excluding hydrogens is 238 g/mol. The average Bonchev–Trinajstić information content (AvgIpc) is 2.41. The first-order chi connectivity index (χ1) is 9.00. The zero-order valence-electron chi connectivity index (χ0n) is 12.6. The van der Waals surface area contributed by atoms with Crippen molar-refractivity contribution in [3.8, 4) is 0 Å². The number of piperazine rings is 1. The molecule has 110 valence electrons. The fourth-order valence-corrected chi connectivity index (χ4v) is 3.42. The molecule has 2 aliphatic rings. The molecule has 1 aliphatic carbocycles. The number of hydrogen-bond donors (Lipinski definition) is 1. The summed E-state index contributed by atoms with van der Waals surface area (Å²) in [7, 11) is 0. The van der Waals surface area contributed by atoms with E-state index in [1.165, 1.54) is 6.42 Å².